The molecule has 0 aliphatic heterocycles. The third kappa shape index (κ3) is 7.06. The Morgan fingerprint density at radius 2 is 1.02 bits per heavy atom. The van der Waals surface area contributed by atoms with Crippen LogP contribution in [-0.4, -0.2) is 13.6 Å². The van der Waals surface area contributed by atoms with Crippen LogP contribution in [0.5, 0.6) is 0 Å². The van der Waals surface area contributed by atoms with Crippen molar-refractivity contribution in [3.05, 3.63) is 183 Å². The van der Waals surface area contributed by atoms with Gasteiger partial charge in [-0.25, -0.2) is 0 Å². The van der Waals surface area contributed by atoms with Gasteiger partial charge in [0.15, 0.2) is 0 Å². The molecule has 4 aromatic rings. The molecule has 0 saturated heterocycles. The van der Waals surface area contributed by atoms with Crippen molar-refractivity contribution in [1.29, 1.82) is 0 Å². The van der Waals surface area contributed by atoms with E-state index < -0.39 is 0 Å². The zero-order chi connectivity index (χ0) is 28.2. The van der Waals surface area contributed by atoms with Crippen LogP contribution in [0.4, 0.5) is 22.7 Å². The maximum atomic E-state index is 3.95. The number of para-hydroxylation sites is 2. The highest BCUT2D eigenvalue weighted by Gasteiger charge is 2.09. The second kappa shape index (κ2) is 14.2. The third-order valence-corrected chi connectivity index (χ3v) is 6.71. The van der Waals surface area contributed by atoms with E-state index in [1.165, 1.54) is 0 Å². The van der Waals surface area contributed by atoms with Crippen molar-refractivity contribution >= 4 is 33.9 Å². The van der Waals surface area contributed by atoms with Crippen LogP contribution in [0, 0.1) is 0 Å². The van der Waals surface area contributed by atoms with Crippen LogP contribution >= 0.6 is 0 Å². The van der Waals surface area contributed by atoms with Gasteiger partial charge < -0.3 is 9.80 Å². The third-order valence-electron chi connectivity index (χ3n) is 6.71. The molecule has 0 amide bonds. The Bertz CT molecular complexity index is 1490. The number of allylic oxidation sites excluding steroid dienone is 8. The molecule has 4 aromatic carbocycles. The molecule has 0 bridgehead atoms. The van der Waals surface area contributed by atoms with E-state index in [2.05, 4.69) is 152 Å². The van der Waals surface area contributed by atoms with Gasteiger partial charge in [0.05, 0.1) is 0 Å². The second-order valence-corrected chi connectivity index (χ2v) is 9.26. The van der Waals surface area contributed by atoms with Gasteiger partial charge in [-0.2, -0.15) is 0 Å². The highest BCUT2D eigenvalue weighted by Crippen LogP contribution is 2.29. The highest BCUT2D eigenvalue weighted by molar-refractivity contribution is 5.78. The summed E-state index contributed by atoms with van der Waals surface area (Å²) in [5.41, 5.74) is 8.95. The van der Waals surface area contributed by atoms with E-state index in [4.69, 9.17) is 0 Å². The summed E-state index contributed by atoms with van der Waals surface area (Å²) in [6.45, 7) is 12.4. The molecule has 0 heterocycles. The predicted octanol–water partition coefficient (Wildman–Crippen LogP) is 10.2. The quantitative estimate of drug-likeness (QED) is 0.171. The lowest BCUT2D eigenvalue weighted by atomic mass is 10.0. The minimum Gasteiger partial charge on any atom is -0.345 e. The first-order chi connectivity index (χ1) is 19.6. The SMILES string of the molecule is C=C/C=C(\C=C)c1ccc(N(C/C=C\C(=C/C=C)c2ccc(N(C)c3ccccc3)cc2)c2ccccc2)cc1. The van der Waals surface area contributed by atoms with Crippen LogP contribution in [0.3, 0.4) is 0 Å². The van der Waals surface area contributed by atoms with Gasteiger partial charge in [0.25, 0.3) is 0 Å². The maximum absolute atomic E-state index is 3.95. The van der Waals surface area contributed by atoms with Crippen LogP contribution in [0.2, 0.25) is 0 Å². The van der Waals surface area contributed by atoms with Gasteiger partial charge in [0.2, 0.25) is 0 Å². The van der Waals surface area contributed by atoms with E-state index in [-0.39, 0.29) is 0 Å². The lowest BCUT2D eigenvalue weighted by Gasteiger charge is -2.24. The molecule has 0 saturated carbocycles. The number of anilines is 4. The molecule has 40 heavy (non-hydrogen) atoms. The van der Waals surface area contributed by atoms with E-state index in [1.54, 1.807) is 6.08 Å². The van der Waals surface area contributed by atoms with Crippen molar-refractivity contribution in [2.45, 2.75) is 0 Å². The Labute approximate surface area is 239 Å². The molecule has 0 atom stereocenters. The average Bonchev–Trinajstić information content (AvgIpc) is 3.02. The Kier molecular flexibility index (Phi) is 9.90. The molecule has 0 aliphatic carbocycles. The number of rotatable bonds is 12. The summed E-state index contributed by atoms with van der Waals surface area (Å²) in [7, 11) is 2.09. The first-order valence-corrected chi connectivity index (χ1v) is 13.4. The van der Waals surface area contributed by atoms with Crippen LogP contribution in [-0.2, 0) is 0 Å². The first-order valence-electron chi connectivity index (χ1n) is 13.4. The van der Waals surface area contributed by atoms with Crippen molar-refractivity contribution in [3.8, 4) is 0 Å². The molecule has 0 aromatic heterocycles. The molecule has 0 aliphatic rings. The molecule has 0 radical (unpaired) electrons. The summed E-state index contributed by atoms with van der Waals surface area (Å²) in [6, 6.07) is 38.0. The molecule has 0 unspecified atom stereocenters. The minimum atomic E-state index is 0.712. The Balaban J connectivity index is 1.55. The second-order valence-electron chi connectivity index (χ2n) is 9.26. The zero-order valence-corrected chi connectivity index (χ0v) is 23.2. The van der Waals surface area contributed by atoms with Gasteiger partial charge in [-0.15, -0.1) is 0 Å². The van der Waals surface area contributed by atoms with Crippen molar-refractivity contribution in [2.75, 3.05) is 23.4 Å². The van der Waals surface area contributed by atoms with E-state index in [0.717, 1.165) is 45.0 Å². The summed E-state index contributed by atoms with van der Waals surface area (Å²) in [6.07, 6.45) is 13.9. The summed E-state index contributed by atoms with van der Waals surface area (Å²) < 4.78 is 0. The topological polar surface area (TPSA) is 6.48 Å². The van der Waals surface area contributed by atoms with Crippen LogP contribution < -0.4 is 9.80 Å². The molecule has 0 fully saturated rings. The van der Waals surface area contributed by atoms with Crippen molar-refractivity contribution < 1.29 is 0 Å². The standard InChI is InChI=1S/C38H36N2/c1-5-15-31(7-3)33-24-28-38(29-25-33)40(37-20-12-9-13-21-37)30-14-17-32(16-6-2)34-22-26-36(27-23-34)39(4)35-18-10-8-11-19-35/h5-29H,1-3,30H2,4H3/b17-14-,31-15+,32-16+. The van der Waals surface area contributed by atoms with Crippen molar-refractivity contribution in [2.24, 2.45) is 0 Å². The van der Waals surface area contributed by atoms with E-state index in [1.807, 2.05) is 30.4 Å². The lowest BCUT2D eigenvalue weighted by molar-refractivity contribution is 1.10. The fourth-order valence-corrected chi connectivity index (χ4v) is 4.55. The van der Waals surface area contributed by atoms with Crippen molar-refractivity contribution in [3.63, 3.8) is 0 Å². The van der Waals surface area contributed by atoms with Gasteiger partial charge in [-0.1, -0.05) is 123 Å². The van der Waals surface area contributed by atoms with Gasteiger partial charge in [0.1, 0.15) is 0 Å². The molecule has 198 valence electrons. The Hall–Kier alpha value is -5.08. The molecular weight excluding hydrogens is 484 g/mol. The lowest BCUT2D eigenvalue weighted by Crippen LogP contribution is -2.16. The molecule has 2 nitrogen and oxygen atoms in total. The van der Waals surface area contributed by atoms with Crippen LogP contribution in [0.1, 0.15) is 11.1 Å². The predicted molar refractivity (Wildman–Crippen MR) is 177 cm³/mol. The Morgan fingerprint density at radius 3 is 1.57 bits per heavy atom. The monoisotopic (exact) mass is 520 g/mol. The van der Waals surface area contributed by atoms with Gasteiger partial charge >= 0.3 is 0 Å². The fraction of sp³-hybridized carbons (Fsp3) is 0.0526. The average molecular weight is 521 g/mol. The molecule has 2 heteroatoms. The van der Waals surface area contributed by atoms with Gasteiger partial charge in [-0.3, -0.25) is 0 Å². The number of hydrogen-bond acceptors (Lipinski definition) is 2. The largest absolute Gasteiger partial charge is 0.345 e. The minimum absolute atomic E-state index is 0.712. The smallest absolute Gasteiger partial charge is 0.0415 e. The van der Waals surface area contributed by atoms with Gasteiger partial charge in [-0.05, 0) is 70.8 Å². The summed E-state index contributed by atoms with van der Waals surface area (Å²) in [5, 5.41) is 0. The van der Waals surface area contributed by atoms with Gasteiger partial charge in [0, 0.05) is 36.3 Å². The van der Waals surface area contributed by atoms with E-state index >= 15 is 0 Å². The van der Waals surface area contributed by atoms with Crippen molar-refractivity contribution in [1.82, 2.24) is 0 Å². The summed E-state index contributed by atoms with van der Waals surface area (Å²) in [4.78, 5) is 4.49. The summed E-state index contributed by atoms with van der Waals surface area (Å²) in [5.74, 6) is 0. The number of hydrogen-bond donors (Lipinski definition) is 0. The molecular formula is C38H36N2. The van der Waals surface area contributed by atoms with E-state index in [9.17, 15) is 0 Å². The van der Waals surface area contributed by atoms with Crippen LogP contribution in [0.15, 0.2) is 171 Å². The van der Waals surface area contributed by atoms with E-state index in [0.29, 0.717) is 6.54 Å². The molecule has 4 rings (SSSR count). The Morgan fingerprint density at radius 1 is 0.575 bits per heavy atom. The molecule has 0 spiro atoms. The van der Waals surface area contributed by atoms with Crippen LogP contribution in [0.25, 0.3) is 11.1 Å². The number of nitrogens with zero attached hydrogens (tertiary/aromatic N) is 2. The number of benzene rings is 4. The summed E-state index contributed by atoms with van der Waals surface area (Å²) >= 11 is 0. The fourth-order valence-electron chi connectivity index (χ4n) is 4.55. The first kappa shape index (κ1) is 27.9. The zero-order valence-electron chi connectivity index (χ0n) is 23.2. The molecule has 0 N–H and O–H groups in total. The maximum Gasteiger partial charge on any atom is 0.0415 e. The normalized spacial score (nSPS) is 11.7. The highest BCUT2D eigenvalue weighted by atomic mass is 15.1.